The van der Waals surface area contributed by atoms with Gasteiger partial charge in [-0.15, -0.1) is 0 Å². The molecule has 0 radical (unpaired) electrons. The number of hydrogen-bond donors (Lipinski definition) is 0. The van der Waals surface area contributed by atoms with E-state index in [1.165, 1.54) is 5.56 Å². The van der Waals surface area contributed by atoms with Crippen LogP contribution < -0.4 is 0 Å². The molecule has 0 fully saturated rings. The predicted molar refractivity (Wildman–Crippen MR) is 51.1 cm³/mol. The van der Waals surface area contributed by atoms with Crippen molar-refractivity contribution in [3.8, 4) is 0 Å². The predicted octanol–water partition coefficient (Wildman–Crippen LogP) is 2.78. The van der Waals surface area contributed by atoms with Gasteiger partial charge in [-0.1, -0.05) is 53.3 Å². The molecular formula is C9H11ClMg. The van der Waals surface area contributed by atoms with E-state index >= 15 is 0 Å². The fourth-order valence-corrected chi connectivity index (χ4v) is 1.82. The molecule has 56 valence electrons. The Hall–Kier alpha value is 0.276. The van der Waals surface area contributed by atoms with E-state index in [0.717, 1.165) is 0 Å². The lowest BCUT2D eigenvalue weighted by molar-refractivity contribution is 0.760. The summed E-state index contributed by atoms with van der Waals surface area (Å²) in [5.74, 6) is 0. The first-order valence-electron chi connectivity index (χ1n) is 3.78. The highest BCUT2D eigenvalue weighted by molar-refractivity contribution is 6.95. The van der Waals surface area contributed by atoms with Crippen molar-refractivity contribution in [2.75, 3.05) is 0 Å². The van der Waals surface area contributed by atoms with E-state index in [1.807, 2.05) is 6.07 Å². The topological polar surface area (TPSA) is 0 Å². The molecule has 0 unspecified atom stereocenters. The maximum absolute atomic E-state index is 5.97. The second-order valence-corrected chi connectivity index (χ2v) is 6.22. The van der Waals surface area contributed by atoms with Crippen LogP contribution in [0.15, 0.2) is 30.3 Å². The van der Waals surface area contributed by atoms with E-state index in [0.29, 0.717) is 0 Å². The van der Waals surface area contributed by atoms with E-state index in [2.05, 4.69) is 38.1 Å². The van der Waals surface area contributed by atoms with Crippen LogP contribution in [0.1, 0.15) is 19.4 Å². The molecule has 11 heavy (non-hydrogen) atoms. The summed E-state index contributed by atoms with van der Waals surface area (Å²) in [6, 6.07) is 10.5. The minimum atomic E-state index is -0.484. The van der Waals surface area contributed by atoms with Gasteiger partial charge in [0.25, 0.3) is 0 Å². The van der Waals surface area contributed by atoms with E-state index in [4.69, 9.17) is 9.07 Å². The first-order valence-corrected chi connectivity index (χ1v) is 6.63. The normalized spacial score (nSPS) is 10.8. The Bertz CT molecular complexity index is 218. The third-order valence-corrected chi connectivity index (χ3v) is 4.97. The molecular weight excluding hydrogens is 168 g/mol. The van der Waals surface area contributed by atoms with Crippen molar-refractivity contribution in [1.29, 1.82) is 0 Å². The van der Waals surface area contributed by atoms with Crippen molar-refractivity contribution in [3.05, 3.63) is 35.9 Å². The maximum atomic E-state index is 5.97. The van der Waals surface area contributed by atoms with Gasteiger partial charge in [-0.3, -0.25) is 0 Å². The fraction of sp³-hybridized carbons (Fsp3) is 0.333. The average Bonchev–Trinajstić information content (AvgIpc) is 2.06. The van der Waals surface area contributed by atoms with Crippen LogP contribution in [0.2, 0.25) is 0 Å². The lowest BCUT2D eigenvalue weighted by Gasteiger charge is -2.21. The summed E-state index contributed by atoms with van der Waals surface area (Å²) < 4.78 is 0.239. The Kier molecular flexibility index (Phi) is 3.23. The van der Waals surface area contributed by atoms with Crippen LogP contribution in [-0.2, 0) is 3.54 Å². The maximum Gasteiger partial charge on any atom is 0.511 e. The quantitative estimate of drug-likeness (QED) is 0.612. The third kappa shape index (κ3) is 2.36. The van der Waals surface area contributed by atoms with Gasteiger partial charge in [-0.05, 0) is 0 Å². The van der Waals surface area contributed by atoms with Gasteiger partial charge in [0.2, 0.25) is 0 Å². The van der Waals surface area contributed by atoms with Crippen LogP contribution >= 0.6 is 9.07 Å². The summed E-state index contributed by atoms with van der Waals surface area (Å²) in [6.45, 7) is 4.42. The van der Waals surface area contributed by atoms with Crippen LogP contribution in [0.4, 0.5) is 0 Å². The van der Waals surface area contributed by atoms with Crippen LogP contribution in [0.25, 0.3) is 0 Å². The van der Waals surface area contributed by atoms with E-state index < -0.39 is 19.3 Å². The first kappa shape index (κ1) is 9.36. The molecule has 1 rings (SSSR count). The summed E-state index contributed by atoms with van der Waals surface area (Å²) in [6.07, 6.45) is 0. The average molecular weight is 179 g/mol. The summed E-state index contributed by atoms with van der Waals surface area (Å²) in [5, 5.41) is 0. The van der Waals surface area contributed by atoms with E-state index in [9.17, 15) is 0 Å². The van der Waals surface area contributed by atoms with Gasteiger partial charge < -0.3 is 9.07 Å². The second kappa shape index (κ2) is 3.79. The highest BCUT2D eigenvalue weighted by atomic mass is 35.5. The molecule has 0 atom stereocenters. The molecule has 0 saturated heterocycles. The highest BCUT2D eigenvalue weighted by Crippen LogP contribution is 2.21. The zero-order chi connectivity index (χ0) is 8.32. The first-order chi connectivity index (χ1) is 5.17. The Balaban J connectivity index is 2.93. The van der Waals surface area contributed by atoms with Gasteiger partial charge in [0.1, 0.15) is 0 Å². The summed E-state index contributed by atoms with van der Waals surface area (Å²) in [5.41, 5.74) is 1.36. The minimum absolute atomic E-state index is 0.239. The molecule has 0 aliphatic carbocycles. The zero-order valence-corrected chi connectivity index (χ0v) is 9.14. The summed E-state index contributed by atoms with van der Waals surface area (Å²) in [7, 11) is 5.97. The molecule has 0 bridgehead atoms. The van der Waals surface area contributed by atoms with Gasteiger partial charge in [0, 0.05) is 0 Å². The highest BCUT2D eigenvalue weighted by Gasteiger charge is 2.21. The van der Waals surface area contributed by atoms with Crippen molar-refractivity contribution in [2.45, 2.75) is 17.4 Å². The number of hydrogen-bond acceptors (Lipinski definition) is 0. The molecule has 1 aromatic rings. The van der Waals surface area contributed by atoms with Crippen molar-refractivity contribution in [3.63, 3.8) is 0 Å². The van der Waals surface area contributed by atoms with E-state index in [-0.39, 0.29) is 3.54 Å². The smallest absolute Gasteiger partial charge is 0.345 e. The standard InChI is InChI=1S/C9H11.ClH.Mg/c1-8(2)9-6-4-3-5-7-9;;/h3-7H,1-2H3;1H;/q;;+1/p-1. The van der Waals surface area contributed by atoms with Crippen LogP contribution in [0.3, 0.4) is 0 Å². The van der Waals surface area contributed by atoms with Gasteiger partial charge in [0.15, 0.2) is 0 Å². The molecule has 0 nitrogen and oxygen atoms in total. The molecule has 0 spiro atoms. The van der Waals surface area contributed by atoms with E-state index in [1.54, 1.807) is 0 Å². The van der Waals surface area contributed by atoms with Crippen molar-refractivity contribution in [1.82, 2.24) is 0 Å². The molecule has 0 aliphatic heterocycles. The molecule has 0 amide bonds. The van der Waals surface area contributed by atoms with Crippen molar-refractivity contribution < 1.29 is 0 Å². The fourth-order valence-electron chi connectivity index (χ4n) is 0.966. The van der Waals surface area contributed by atoms with Crippen LogP contribution in [0.5, 0.6) is 0 Å². The SMILES string of the molecule is C[C](C)([Mg][Cl])c1ccccc1. The molecule has 0 aliphatic rings. The molecule has 0 heterocycles. The van der Waals surface area contributed by atoms with Crippen LogP contribution in [-0.4, -0.2) is 19.3 Å². The minimum Gasteiger partial charge on any atom is -0.345 e. The van der Waals surface area contributed by atoms with Crippen molar-refractivity contribution >= 4 is 28.3 Å². The Morgan fingerprint density at radius 3 is 2.18 bits per heavy atom. The number of rotatable bonds is 2. The van der Waals surface area contributed by atoms with Gasteiger partial charge in [-0.25, -0.2) is 0 Å². The largest absolute Gasteiger partial charge is 0.511 e. The lowest BCUT2D eigenvalue weighted by atomic mass is 10.0. The van der Waals surface area contributed by atoms with Crippen LogP contribution in [0, 0.1) is 0 Å². The summed E-state index contributed by atoms with van der Waals surface area (Å²) in [4.78, 5) is 0. The zero-order valence-electron chi connectivity index (χ0n) is 6.97. The Labute approximate surface area is 81.5 Å². The monoisotopic (exact) mass is 178 g/mol. The number of halogens is 1. The van der Waals surface area contributed by atoms with Gasteiger partial charge in [-0.2, -0.15) is 0 Å². The molecule has 0 saturated carbocycles. The second-order valence-electron chi connectivity index (χ2n) is 3.38. The van der Waals surface area contributed by atoms with Gasteiger partial charge >= 0.3 is 19.3 Å². The molecule has 0 N–H and O–H groups in total. The number of benzene rings is 1. The van der Waals surface area contributed by atoms with Crippen molar-refractivity contribution in [2.24, 2.45) is 0 Å². The van der Waals surface area contributed by atoms with Gasteiger partial charge in [0.05, 0.1) is 0 Å². The third-order valence-electron chi connectivity index (χ3n) is 1.89. The summed E-state index contributed by atoms with van der Waals surface area (Å²) >= 11 is -0.484. The Morgan fingerprint density at radius 2 is 1.73 bits per heavy atom. The Morgan fingerprint density at radius 1 is 1.18 bits per heavy atom. The molecule has 2 heteroatoms. The molecule has 1 aromatic carbocycles. The lowest BCUT2D eigenvalue weighted by Crippen LogP contribution is -2.21. The molecule has 0 aromatic heterocycles.